The van der Waals surface area contributed by atoms with Gasteiger partial charge in [-0.2, -0.15) is 26.3 Å². The Hall–Kier alpha value is -2.12. The Morgan fingerprint density at radius 2 is 1.41 bits per heavy atom. The quantitative estimate of drug-likeness (QED) is 0.610. The molecule has 22 heavy (non-hydrogen) atoms. The van der Waals surface area contributed by atoms with E-state index in [-0.39, 0.29) is 6.07 Å². The van der Waals surface area contributed by atoms with Gasteiger partial charge in [0.25, 0.3) is 0 Å². The zero-order valence-electron chi connectivity index (χ0n) is 10.4. The van der Waals surface area contributed by atoms with Crippen LogP contribution < -0.4 is 0 Å². The highest BCUT2D eigenvalue weighted by atomic mass is 19.4. The van der Waals surface area contributed by atoms with Crippen LogP contribution in [0.25, 0.3) is 11.1 Å². The summed E-state index contributed by atoms with van der Waals surface area (Å²) in [6.45, 7) is 0. The van der Waals surface area contributed by atoms with Crippen LogP contribution >= 0.6 is 0 Å². The third kappa shape index (κ3) is 3.20. The molecule has 0 unspecified atom stereocenters. The number of hydrogen-bond donors (Lipinski definition) is 0. The van der Waals surface area contributed by atoms with Gasteiger partial charge in [-0.25, -0.2) is 8.78 Å². The second kappa shape index (κ2) is 5.26. The van der Waals surface area contributed by atoms with Crippen LogP contribution in [-0.2, 0) is 12.4 Å². The average molecular weight is 325 g/mol. The molecule has 0 aliphatic heterocycles. The van der Waals surface area contributed by atoms with Crippen molar-refractivity contribution in [1.82, 2.24) is 0 Å². The number of rotatable bonds is 1. The van der Waals surface area contributed by atoms with Gasteiger partial charge in [0.2, 0.25) is 0 Å². The van der Waals surface area contributed by atoms with Gasteiger partial charge >= 0.3 is 12.4 Å². The molecule has 0 heterocycles. The molecule has 0 atom stereocenters. The molecule has 117 valence electrons. The summed E-state index contributed by atoms with van der Waals surface area (Å²) in [4.78, 5) is 0. The predicted octanol–water partition coefficient (Wildman–Crippen LogP) is 5.47. The molecule has 0 fully saturated rings. The van der Waals surface area contributed by atoms with Crippen molar-refractivity contribution in [2.75, 3.05) is 0 Å². The van der Waals surface area contributed by atoms with E-state index < -0.39 is 46.2 Å². The molecule has 1 radical (unpaired) electrons. The lowest BCUT2D eigenvalue weighted by Gasteiger charge is -2.12. The molecule has 0 amide bonds. The second-order valence-corrected chi connectivity index (χ2v) is 4.30. The third-order valence-corrected chi connectivity index (χ3v) is 2.78. The minimum absolute atomic E-state index is 0.141. The monoisotopic (exact) mass is 325 g/mol. The standard InChI is InChI=1S/C14H5F8/c15-11-4-1-7(5-10(11)14(20,21)22)9-3-2-8(6-12(9)16)13(17,18)19/h1-2,4-6H. The highest BCUT2D eigenvalue weighted by Gasteiger charge is 2.35. The average Bonchev–Trinajstić information content (AvgIpc) is 2.37. The molecule has 2 aromatic carbocycles. The summed E-state index contributed by atoms with van der Waals surface area (Å²) in [7, 11) is 0. The zero-order chi connectivity index (χ0) is 16.7. The first-order chi connectivity index (χ1) is 10.00. The summed E-state index contributed by atoms with van der Waals surface area (Å²) >= 11 is 0. The maximum absolute atomic E-state index is 13.7. The van der Waals surface area contributed by atoms with Gasteiger partial charge in [0.15, 0.2) is 0 Å². The van der Waals surface area contributed by atoms with Gasteiger partial charge in [0, 0.05) is 5.56 Å². The van der Waals surface area contributed by atoms with Gasteiger partial charge < -0.3 is 0 Å². The van der Waals surface area contributed by atoms with E-state index in [4.69, 9.17) is 0 Å². The molecule has 0 aromatic heterocycles. The zero-order valence-corrected chi connectivity index (χ0v) is 10.4. The highest BCUT2D eigenvalue weighted by molar-refractivity contribution is 5.65. The Labute approximate surface area is 119 Å². The normalized spacial score (nSPS) is 12.5. The van der Waals surface area contributed by atoms with E-state index in [0.29, 0.717) is 18.2 Å². The van der Waals surface area contributed by atoms with E-state index in [1.165, 1.54) is 0 Å². The fraction of sp³-hybridized carbons (Fsp3) is 0.143. The first-order valence-electron chi connectivity index (χ1n) is 5.65. The maximum atomic E-state index is 13.7. The topological polar surface area (TPSA) is 0 Å². The van der Waals surface area contributed by atoms with Gasteiger partial charge in [-0.15, -0.1) is 0 Å². The van der Waals surface area contributed by atoms with Crippen molar-refractivity contribution in [3.05, 3.63) is 59.2 Å². The number of hydrogen-bond acceptors (Lipinski definition) is 0. The van der Waals surface area contributed by atoms with Gasteiger partial charge in [0.05, 0.1) is 11.1 Å². The van der Waals surface area contributed by atoms with E-state index in [9.17, 15) is 35.1 Å². The molecule has 0 saturated carbocycles. The van der Waals surface area contributed by atoms with Crippen molar-refractivity contribution in [2.24, 2.45) is 0 Å². The molecule has 0 bridgehead atoms. The molecule has 2 aromatic rings. The molecule has 0 N–H and O–H groups in total. The highest BCUT2D eigenvalue weighted by Crippen LogP contribution is 2.36. The van der Waals surface area contributed by atoms with Gasteiger partial charge in [-0.05, 0) is 35.9 Å². The largest absolute Gasteiger partial charge is 0.419 e. The van der Waals surface area contributed by atoms with Crippen LogP contribution in [0.3, 0.4) is 0 Å². The van der Waals surface area contributed by atoms with Crippen LogP contribution in [0, 0.1) is 17.7 Å². The summed E-state index contributed by atoms with van der Waals surface area (Å²) in [6, 6.07) is 4.10. The molecule has 0 saturated heterocycles. The number of benzene rings is 2. The van der Waals surface area contributed by atoms with Gasteiger partial charge in [0.1, 0.15) is 11.6 Å². The number of halogens is 8. The van der Waals surface area contributed by atoms with Crippen LogP contribution in [0.2, 0.25) is 0 Å². The van der Waals surface area contributed by atoms with E-state index in [1.54, 1.807) is 0 Å². The minimum Gasteiger partial charge on any atom is -0.206 e. The van der Waals surface area contributed by atoms with E-state index in [2.05, 4.69) is 0 Å². The van der Waals surface area contributed by atoms with Gasteiger partial charge in [-0.1, -0.05) is 6.07 Å². The van der Waals surface area contributed by atoms with Crippen LogP contribution in [0.1, 0.15) is 11.1 Å². The lowest BCUT2D eigenvalue weighted by atomic mass is 10.0. The predicted molar refractivity (Wildman–Crippen MR) is 60.6 cm³/mol. The Bertz CT molecular complexity index is 697. The Morgan fingerprint density at radius 3 is 1.91 bits per heavy atom. The summed E-state index contributed by atoms with van der Waals surface area (Å²) < 4.78 is 102. The molecular weight excluding hydrogens is 320 g/mol. The Morgan fingerprint density at radius 1 is 0.773 bits per heavy atom. The maximum Gasteiger partial charge on any atom is 0.419 e. The van der Waals surface area contributed by atoms with E-state index in [0.717, 1.165) is 6.07 Å². The number of alkyl halides is 6. The molecule has 0 aliphatic carbocycles. The SMILES string of the molecule is Fc1cc(C(F)(F)F)c[c]c1-c1ccc(F)c(C(F)(F)F)c1. The molecule has 0 aliphatic rings. The Balaban J connectivity index is 2.54. The molecule has 8 heteroatoms. The van der Waals surface area contributed by atoms with Crippen molar-refractivity contribution in [3.63, 3.8) is 0 Å². The summed E-state index contributed by atoms with van der Waals surface area (Å²) in [5, 5.41) is 0. The lowest BCUT2D eigenvalue weighted by Crippen LogP contribution is -2.08. The van der Waals surface area contributed by atoms with Crippen LogP contribution in [0.5, 0.6) is 0 Å². The van der Waals surface area contributed by atoms with Crippen LogP contribution in [0.4, 0.5) is 35.1 Å². The first kappa shape index (κ1) is 16.3. The fourth-order valence-corrected chi connectivity index (χ4v) is 1.75. The smallest absolute Gasteiger partial charge is 0.206 e. The molecule has 0 nitrogen and oxygen atoms in total. The van der Waals surface area contributed by atoms with Crippen molar-refractivity contribution in [1.29, 1.82) is 0 Å². The summed E-state index contributed by atoms with van der Waals surface area (Å²) in [5.74, 6) is -2.97. The third-order valence-electron chi connectivity index (χ3n) is 2.78. The van der Waals surface area contributed by atoms with Gasteiger partial charge in [-0.3, -0.25) is 0 Å². The van der Waals surface area contributed by atoms with Crippen molar-refractivity contribution >= 4 is 0 Å². The van der Waals surface area contributed by atoms with E-state index >= 15 is 0 Å². The fourth-order valence-electron chi connectivity index (χ4n) is 1.75. The van der Waals surface area contributed by atoms with Crippen LogP contribution in [0.15, 0.2) is 30.3 Å². The minimum atomic E-state index is -5.01. The van der Waals surface area contributed by atoms with Crippen molar-refractivity contribution < 1.29 is 35.1 Å². The van der Waals surface area contributed by atoms with Crippen LogP contribution in [-0.4, -0.2) is 0 Å². The van der Waals surface area contributed by atoms with E-state index in [1.807, 2.05) is 6.07 Å². The lowest BCUT2D eigenvalue weighted by molar-refractivity contribution is -0.140. The molecule has 0 spiro atoms. The Kier molecular flexibility index (Phi) is 3.88. The summed E-state index contributed by atoms with van der Waals surface area (Å²) in [6.07, 6.45) is -9.82. The van der Waals surface area contributed by atoms with Crippen molar-refractivity contribution in [2.45, 2.75) is 12.4 Å². The molecular formula is C14H5F8. The van der Waals surface area contributed by atoms with Crippen molar-refractivity contribution in [3.8, 4) is 11.1 Å². The summed E-state index contributed by atoms with van der Waals surface area (Å²) in [5.41, 5.74) is -4.01. The molecule has 2 rings (SSSR count). The second-order valence-electron chi connectivity index (χ2n) is 4.30. The first-order valence-corrected chi connectivity index (χ1v) is 5.65.